The van der Waals surface area contributed by atoms with Crippen LogP contribution in [0, 0.1) is 0 Å². The zero-order valence-corrected chi connectivity index (χ0v) is 7.36. The molecule has 0 spiro atoms. The van der Waals surface area contributed by atoms with E-state index < -0.39 is 0 Å². The molecule has 2 N–H and O–H groups in total. The topological polar surface area (TPSA) is 41.6 Å². The highest BCUT2D eigenvalue weighted by Crippen LogP contribution is 2.06. The molecule has 0 saturated heterocycles. The quantitative estimate of drug-likeness (QED) is 0.404. The highest BCUT2D eigenvalue weighted by Gasteiger charge is 1.91. The molecule has 0 atom stereocenters. The first-order chi connectivity index (χ1) is 5.70. The number of rotatable bonds is 2. The molecule has 0 fully saturated rings. The van der Waals surface area contributed by atoms with Gasteiger partial charge in [0, 0.05) is 25.3 Å². The lowest BCUT2D eigenvalue weighted by Gasteiger charge is -2.03. The molecular formula is C9H13N3. The molecule has 0 aliphatic carbocycles. The highest BCUT2D eigenvalue weighted by atomic mass is 15.4. The van der Waals surface area contributed by atoms with Gasteiger partial charge in [0.25, 0.3) is 0 Å². The van der Waals surface area contributed by atoms with Gasteiger partial charge in [0.2, 0.25) is 0 Å². The predicted molar refractivity (Wildman–Crippen MR) is 52.1 cm³/mol. The Morgan fingerprint density at radius 3 is 2.58 bits per heavy atom. The summed E-state index contributed by atoms with van der Waals surface area (Å²) in [5, 5.41) is 5.81. The number of hydrogen-bond donors (Lipinski definition) is 1. The van der Waals surface area contributed by atoms with Crippen molar-refractivity contribution in [1.29, 1.82) is 0 Å². The fraction of sp³-hybridized carbons (Fsp3) is 0.222. The van der Waals surface area contributed by atoms with E-state index in [1.165, 1.54) is 0 Å². The molecule has 3 heteroatoms. The van der Waals surface area contributed by atoms with Crippen LogP contribution in [0.1, 0.15) is 5.56 Å². The van der Waals surface area contributed by atoms with Gasteiger partial charge >= 0.3 is 0 Å². The molecule has 1 rings (SSSR count). The van der Waals surface area contributed by atoms with Crippen LogP contribution >= 0.6 is 0 Å². The van der Waals surface area contributed by atoms with Crippen molar-refractivity contribution in [2.24, 2.45) is 5.10 Å². The van der Waals surface area contributed by atoms with Crippen molar-refractivity contribution in [3.8, 4) is 0 Å². The molecule has 3 nitrogen and oxygen atoms in total. The Morgan fingerprint density at radius 2 is 2.00 bits per heavy atom. The van der Waals surface area contributed by atoms with Gasteiger partial charge in [-0.25, -0.2) is 0 Å². The van der Waals surface area contributed by atoms with E-state index in [2.05, 4.69) is 5.10 Å². The summed E-state index contributed by atoms with van der Waals surface area (Å²) in [6, 6.07) is 7.63. The summed E-state index contributed by atoms with van der Waals surface area (Å²) in [4.78, 5) is 0. The van der Waals surface area contributed by atoms with Crippen molar-refractivity contribution in [3.63, 3.8) is 0 Å². The summed E-state index contributed by atoms with van der Waals surface area (Å²) in [6.45, 7) is 0. The molecule has 0 aliphatic heterocycles. The molecule has 0 amide bonds. The number of nitrogens with zero attached hydrogens (tertiary/aromatic N) is 2. The van der Waals surface area contributed by atoms with E-state index in [1.54, 1.807) is 11.2 Å². The molecule has 0 aliphatic rings. The summed E-state index contributed by atoms with van der Waals surface area (Å²) in [5.41, 5.74) is 7.40. The van der Waals surface area contributed by atoms with E-state index in [9.17, 15) is 0 Å². The third-order valence-corrected chi connectivity index (χ3v) is 1.42. The first-order valence-corrected chi connectivity index (χ1v) is 3.76. The maximum Gasteiger partial charge on any atom is 0.0563 e. The fourth-order valence-corrected chi connectivity index (χ4v) is 0.806. The van der Waals surface area contributed by atoms with Gasteiger partial charge in [0.1, 0.15) is 0 Å². The Balaban J connectivity index is 2.82. The molecule has 0 radical (unpaired) electrons. The Kier molecular flexibility index (Phi) is 2.69. The Morgan fingerprint density at radius 1 is 1.33 bits per heavy atom. The summed E-state index contributed by atoms with van der Waals surface area (Å²) in [5.74, 6) is 0. The number of nitrogens with two attached hydrogens (primary N) is 1. The highest BCUT2D eigenvalue weighted by molar-refractivity contribution is 5.86. The number of anilines is 1. The summed E-state index contributed by atoms with van der Waals surface area (Å²) >= 11 is 0. The van der Waals surface area contributed by atoms with Gasteiger partial charge in [-0.2, -0.15) is 5.10 Å². The number of hydrazone groups is 1. The standard InChI is InChI=1S/C9H13N3/c1-12(2)11-7-8-5-3-4-6-9(8)10/h3-7H,10H2,1-2H3/b11-7+. The third-order valence-electron chi connectivity index (χ3n) is 1.42. The smallest absolute Gasteiger partial charge is 0.0563 e. The third kappa shape index (κ3) is 2.27. The van der Waals surface area contributed by atoms with Gasteiger partial charge in [-0.15, -0.1) is 0 Å². The minimum Gasteiger partial charge on any atom is -0.398 e. The Hall–Kier alpha value is -1.51. The van der Waals surface area contributed by atoms with E-state index in [4.69, 9.17) is 5.73 Å². The van der Waals surface area contributed by atoms with Gasteiger partial charge in [-0.3, -0.25) is 0 Å². The van der Waals surface area contributed by atoms with Gasteiger partial charge < -0.3 is 10.7 Å². The molecule has 0 unspecified atom stereocenters. The summed E-state index contributed by atoms with van der Waals surface area (Å²) in [6.07, 6.45) is 1.75. The largest absolute Gasteiger partial charge is 0.398 e. The second-order valence-corrected chi connectivity index (χ2v) is 2.72. The van der Waals surface area contributed by atoms with Crippen molar-refractivity contribution < 1.29 is 0 Å². The molecule has 0 bridgehead atoms. The first kappa shape index (κ1) is 8.59. The summed E-state index contributed by atoms with van der Waals surface area (Å²) < 4.78 is 0. The van der Waals surface area contributed by atoms with Crippen LogP contribution < -0.4 is 5.73 Å². The molecule has 64 valence electrons. The zero-order valence-electron chi connectivity index (χ0n) is 7.36. The Bertz CT molecular complexity index is 279. The zero-order chi connectivity index (χ0) is 8.97. The molecule has 0 heterocycles. The normalized spacial score (nSPS) is 10.5. The van der Waals surface area contributed by atoms with Crippen LogP contribution in [0.2, 0.25) is 0 Å². The van der Waals surface area contributed by atoms with Crippen LogP contribution in [0.4, 0.5) is 5.69 Å². The Labute approximate surface area is 72.5 Å². The van der Waals surface area contributed by atoms with E-state index in [0.717, 1.165) is 11.3 Å². The van der Waals surface area contributed by atoms with Crippen molar-refractivity contribution in [1.82, 2.24) is 5.01 Å². The monoisotopic (exact) mass is 163 g/mol. The van der Waals surface area contributed by atoms with Crippen molar-refractivity contribution in [3.05, 3.63) is 29.8 Å². The second-order valence-electron chi connectivity index (χ2n) is 2.72. The van der Waals surface area contributed by atoms with E-state index >= 15 is 0 Å². The van der Waals surface area contributed by atoms with Crippen LogP contribution in [0.25, 0.3) is 0 Å². The van der Waals surface area contributed by atoms with Gasteiger partial charge in [0.05, 0.1) is 6.21 Å². The summed E-state index contributed by atoms with van der Waals surface area (Å²) in [7, 11) is 3.74. The molecular weight excluding hydrogens is 150 g/mol. The number of hydrogen-bond acceptors (Lipinski definition) is 3. The molecule has 0 saturated carbocycles. The average Bonchev–Trinajstić information content (AvgIpc) is 2.03. The lowest BCUT2D eigenvalue weighted by atomic mass is 10.2. The van der Waals surface area contributed by atoms with Gasteiger partial charge in [0.15, 0.2) is 0 Å². The molecule has 1 aromatic rings. The van der Waals surface area contributed by atoms with Crippen LogP contribution in [0.15, 0.2) is 29.4 Å². The number of nitrogen functional groups attached to an aromatic ring is 1. The minimum absolute atomic E-state index is 0.753. The lowest BCUT2D eigenvalue weighted by Crippen LogP contribution is -2.02. The number of para-hydroxylation sites is 1. The predicted octanol–water partition coefficient (Wildman–Crippen LogP) is 1.16. The minimum atomic E-state index is 0.753. The van der Waals surface area contributed by atoms with E-state index in [0.29, 0.717) is 0 Å². The van der Waals surface area contributed by atoms with Crippen molar-refractivity contribution >= 4 is 11.9 Å². The molecule has 1 aromatic carbocycles. The number of benzene rings is 1. The van der Waals surface area contributed by atoms with E-state index in [-0.39, 0.29) is 0 Å². The maximum absolute atomic E-state index is 5.70. The lowest BCUT2D eigenvalue weighted by molar-refractivity contribution is 0.440. The first-order valence-electron chi connectivity index (χ1n) is 3.76. The van der Waals surface area contributed by atoms with Crippen LogP contribution in [-0.4, -0.2) is 25.3 Å². The second kappa shape index (κ2) is 3.76. The average molecular weight is 163 g/mol. The van der Waals surface area contributed by atoms with Gasteiger partial charge in [-0.1, -0.05) is 18.2 Å². The molecule has 0 aromatic heterocycles. The fourth-order valence-electron chi connectivity index (χ4n) is 0.806. The molecule has 12 heavy (non-hydrogen) atoms. The van der Waals surface area contributed by atoms with Crippen molar-refractivity contribution in [2.45, 2.75) is 0 Å². The van der Waals surface area contributed by atoms with E-state index in [1.807, 2.05) is 38.4 Å². The van der Waals surface area contributed by atoms with Gasteiger partial charge in [-0.05, 0) is 6.07 Å². The van der Waals surface area contributed by atoms with Crippen molar-refractivity contribution in [2.75, 3.05) is 19.8 Å². The van der Waals surface area contributed by atoms with Crippen LogP contribution in [0.5, 0.6) is 0 Å². The maximum atomic E-state index is 5.70. The SMILES string of the molecule is CN(C)/N=C/c1ccccc1N. The van der Waals surface area contributed by atoms with Crippen LogP contribution in [-0.2, 0) is 0 Å². The van der Waals surface area contributed by atoms with Crippen LogP contribution in [0.3, 0.4) is 0 Å².